The second kappa shape index (κ2) is 10.7. The summed E-state index contributed by atoms with van der Waals surface area (Å²) in [6.07, 6.45) is 1.05. The number of carbonyl (C=O) groups excluding carboxylic acids is 2. The zero-order chi connectivity index (χ0) is 22.2. The van der Waals surface area contributed by atoms with Crippen LogP contribution in [0, 0.1) is 0 Å². The van der Waals surface area contributed by atoms with Gasteiger partial charge in [0, 0.05) is 23.4 Å². The van der Waals surface area contributed by atoms with Crippen LogP contribution in [0.2, 0.25) is 5.02 Å². The molecule has 8 heteroatoms. The van der Waals surface area contributed by atoms with E-state index >= 15 is 0 Å². The minimum absolute atomic E-state index is 0.122. The number of amides is 1. The Bertz CT molecular complexity index is 1010. The number of nitrogens with zero attached hydrogens (tertiary/aromatic N) is 3. The van der Waals surface area contributed by atoms with Crippen LogP contribution in [-0.2, 0) is 20.7 Å². The molecule has 0 aliphatic rings. The van der Waals surface area contributed by atoms with Gasteiger partial charge in [0.2, 0.25) is 17.6 Å². The van der Waals surface area contributed by atoms with Gasteiger partial charge >= 0.3 is 5.97 Å². The molecule has 1 amide bonds. The highest BCUT2D eigenvalue weighted by atomic mass is 35.5. The number of rotatable bonds is 9. The third-order valence-electron chi connectivity index (χ3n) is 4.92. The number of hydrogen-bond donors (Lipinski definition) is 0. The number of aromatic nitrogens is 2. The summed E-state index contributed by atoms with van der Waals surface area (Å²) in [4.78, 5) is 31.0. The fourth-order valence-electron chi connectivity index (χ4n) is 3.32. The Morgan fingerprint density at radius 1 is 1.13 bits per heavy atom. The quantitative estimate of drug-likeness (QED) is 0.455. The van der Waals surface area contributed by atoms with Crippen LogP contribution in [0.1, 0.15) is 37.3 Å². The molecule has 3 aromatic rings. The van der Waals surface area contributed by atoms with E-state index in [9.17, 15) is 9.59 Å². The summed E-state index contributed by atoms with van der Waals surface area (Å²) < 4.78 is 10.1. The molecule has 1 atom stereocenters. The number of halogens is 1. The van der Waals surface area contributed by atoms with Crippen LogP contribution in [0.3, 0.4) is 0 Å². The van der Waals surface area contributed by atoms with Crippen molar-refractivity contribution in [2.24, 2.45) is 0 Å². The predicted octanol–water partition coefficient (Wildman–Crippen LogP) is 4.48. The molecule has 0 saturated carbocycles. The van der Waals surface area contributed by atoms with Gasteiger partial charge < -0.3 is 14.2 Å². The van der Waals surface area contributed by atoms with Crippen LogP contribution in [-0.4, -0.2) is 40.6 Å². The van der Waals surface area contributed by atoms with Crippen molar-refractivity contribution in [1.82, 2.24) is 15.0 Å². The molecule has 7 nitrogen and oxygen atoms in total. The molecule has 1 unspecified atom stereocenters. The summed E-state index contributed by atoms with van der Waals surface area (Å²) in [7, 11) is 1.31. The summed E-state index contributed by atoms with van der Waals surface area (Å²) in [6, 6.07) is 16.5. The maximum Gasteiger partial charge on any atom is 0.325 e. The standard InChI is InChI=1S/C23H24ClN3O4/c1-3-19(16-7-5-4-6-8-16)27(15-22(29)30-2)21(28)14-13-20-25-23(26-31-20)17-9-11-18(24)12-10-17/h4-12,19H,3,13-15H2,1-2H3. The Morgan fingerprint density at radius 2 is 1.84 bits per heavy atom. The van der Waals surface area contributed by atoms with Gasteiger partial charge in [0.15, 0.2) is 0 Å². The Morgan fingerprint density at radius 3 is 2.48 bits per heavy atom. The van der Waals surface area contributed by atoms with Crippen LogP contribution < -0.4 is 0 Å². The Kier molecular flexibility index (Phi) is 7.78. The lowest BCUT2D eigenvalue weighted by atomic mass is 10.0. The Hall–Kier alpha value is -3.19. The Balaban J connectivity index is 1.71. The van der Waals surface area contributed by atoms with Gasteiger partial charge in [-0.1, -0.05) is 54.0 Å². The molecular weight excluding hydrogens is 418 g/mol. The lowest BCUT2D eigenvalue weighted by molar-refractivity contribution is -0.148. The molecule has 0 bridgehead atoms. The normalized spacial score (nSPS) is 11.7. The van der Waals surface area contributed by atoms with Crippen LogP contribution in [0.25, 0.3) is 11.4 Å². The lowest BCUT2D eigenvalue weighted by Crippen LogP contribution is -2.39. The van der Waals surface area contributed by atoms with Crippen LogP contribution in [0.15, 0.2) is 59.1 Å². The molecule has 0 radical (unpaired) electrons. The largest absolute Gasteiger partial charge is 0.468 e. The summed E-state index contributed by atoms with van der Waals surface area (Å²) >= 11 is 5.91. The molecule has 31 heavy (non-hydrogen) atoms. The molecule has 0 N–H and O–H groups in total. The second-order valence-electron chi connectivity index (χ2n) is 6.95. The van der Waals surface area contributed by atoms with Crippen LogP contribution in [0.4, 0.5) is 0 Å². The molecule has 0 aliphatic heterocycles. The summed E-state index contributed by atoms with van der Waals surface area (Å²) in [5.74, 6) is 0.128. The highest BCUT2D eigenvalue weighted by molar-refractivity contribution is 6.30. The fraction of sp³-hybridized carbons (Fsp3) is 0.304. The van der Waals surface area contributed by atoms with Crippen molar-refractivity contribution in [1.29, 1.82) is 0 Å². The van der Waals surface area contributed by atoms with E-state index in [0.29, 0.717) is 23.2 Å². The number of hydrogen-bond acceptors (Lipinski definition) is 6. The van der Waals surface area contributed by atoms with Crippen molar-refractivity contribution in [3.05, 3.63) is 71.1 Å². The van der Waals surface area contributed by atoms with E-state index in [1.807, 2.05) is 37.3 Å². The molecule has 0 saturated heterocycles. The smallest absolute Gasteiger partial charge is 0.325 e. The van der Waals surface area contributed by atoms with Crippen molar-refractivity contribution < 1.29 is 18.8 Å². The van der Waals surface area contributed by atoms with Gasteiger partial charge in [-0.15, -0.1) is 0 Å². The number of carbonyl (C=O) groups is 2. The fourth-order valence-corrected chi connectivity index (χ4v) is 3.44. The van der Waals surface area contributed by atoms with Crippen molar-refractivity contribution >= 4 is 23.5 Å². The second-order valence-corrected chi connectivity index (χ2v) is 7.39. The van der Waals surface area contributed by atoms with Crippen molar-refractivity contribution in [3.63, 3.8) is 0 Å². The van der Waals surface area contributed by atoms with Gasteiger partial charge in [0.25, 0.3) is 0 Å². The lowest BCUT2D eigenvalue weighted by Gasteiger charge is -2.30. The van der Waals surface area contributed by atoms with Crippen molar-refractivity contribution in [2.75, 3.05) is 13.7 Å². The summed E-state index contributed by atoms with van der Waals surface area (Å²) in [6.45, 7) is 1.86. The van der Waals surface area contributed by atoms with Gasteiger partial charge in [0.1, 0.15) is 6.54 Å². The minimum Gasteiger partial charge on any atom is -0.468 e. The zero-order valence-electron chi connectivity index (χ0n) is 17.5. The molecule has 0 spiro atoms. The average molecular weight is 442 g/mol. The monoisotopic (exact) mass is 441 g/mol. The van der Waals surface area contributed by atoms with E-state index in [2.05, 4.69) is 10.1 Å². The number of esters is 1. The van der Waals surface area contributed by atoms with Crippen LogP contribution >= 0.6 is 11.6 Å². The van der Waals surface area contributed by atoms with Crippen molar-refractivity contribution in [2.45, 2.75) is 32.2 Å². The summed E-state index contributed by atoms with van der Waals surface area (Å²) in [5, 5.41) is 4.59. The highest BCUT2D eigenvalue weighted by Crippen LogP contribution is 2.25. The van der Waals surface area contributed by atoms with E-state index in [1.165, 1.54) is 7.11 Å². The molecule has 3 rings (SSSR count). The molecule has 2 aromatic carbocycles. The molecular formula is C23H24ClN3O4. The van der Waals surface area contributed by atoms with E-state index in [1.54, 1.807) is 29.2 Å². The van der Waals surface area contributed by atoms with Gasteiger partial charge in [-0.05, 0) is 36.2 Å². The average Bonchev–Trinajstić information content (AvgIpc) is 3.27. The first-order valence-corrected chi connectivity index (χ1v) is 10.4. The molecule has 0 aliphatic carbocycles. The summed E-state index contributed by atoms with van der Waals surface area (Å²) in [5.41, 5.74) is 1.73. The van der Waals surface area contributed by atoms with Gasteiger partial charge in [-0.2, -0.15) is 4.98 Å². The predicted molar refractivity (Wildman–Crippen MR) is 116 cm³/mol. The molecule has 162 valence electrons. The minimum atomic E-state index is -0.467. The van der Waals surface area contributed by atoms with E-state index in [4.69, 9.17) is 20.9 Å². The van der Waals surface area contributed by atoms with E-state index in [-0.39, 0.29) is 31.3 Å². The SMILES string of the molecule is CCC(c1ccccc1)N(CC(=O)OC)C(=O)CCc1nc(-c2ccc(Cl)cc2)no1. The van der Waals surface area contributed by atoms with E-state index in [0.717, 1.165) is 11.1 Å². The maximum absolute atomic E-state index is 13.1. The maximum atomic E-state index is 13.1. The van der Waals surface area contributed by atoms with Crippen LogP contribution in [0.5, 0.6) is 0 Å². The number of ether oxygens (including phenoxy) is 1. The molecule has 1 heterocycles. The third-order valence-corrected chi connectivity index (χ3v) is 5.17. The van der Waals surface area contributed by atoms with Gasteiger partial charge in [-0.3, -0.25) is 9.59 Å². The van der Waals surface area contributed by atoms with E-state index < -0.39 is 5.97 Å². The topological polar surface area (TPSA) is 85.5 Å². The number of methoxy groups -OCH3 is 1. The van der Waals surface area contributed by atoms with Gasteiger partial charge in [-0.25, -0.2) is 0 Å². The first-order valence-electron chi connectivity index (χ1n) is 10.0. The molecule has 0 fully saturated rings. The first-order chi connectivity index (χ1) is 15.0. The van der Waals surface area contributed by atoms with Gasteiger partial charge in [0.05, 0.1) is 13.2 Å². The van der Waals surface area contributed by atoms with Crippen molar-refractivity contribution in [3.8, 4) is 11.4 Å². The number of benzene rings is 2. The third kappa shape index (κ3) is 5.92. The first kappa shape index (κ1) is 22.5. The highest BCUT2D eigenvalue weighted by Gasteiger charge is 2.26. The number of aryl methyl sites for hydroxylation is 1. The molecule has 1 aromatic heterocycles. The Labute approximate surface area is 186 Å². The zero-order valence-corrected chi connectivity index (χ0v) is 18.2.